The van der Waals surface area contributed by atoms with Crippen LogP contribution in [0, 0.1) is 19.8 Å². The van der Waals surface area contributed by atoms with Crippen LogP contribution in [0.15, 0.2) is 30.5 Å². The molecule has 1 saturated carbocycles. The number of piperidine rings is 1. The van der Waals surface area contributed by atoms with Crippen molar-refractivity contribution >= 4 is 23.1 Å². The molecule has 1 N–H and O–H groups in total. The molecule has 1 unspecified atom stereocenters. The number of nitrogens with zero attached hydrogens (tertiary/aromatic N) is 4. The Bertz CT molecular complexity index is 1310. The van der Waals surface area contributed by atoms with Gasteiger partial charge < -0.3 is 10.2 Å². The molecule has 0 spiro atoms. The van der Waals surface area contributed by atoms with E-state index in [1.54, 1.807) is 0 Å². The number of carbonyl (C=O) groups is 2. The first-order valence-electron chi connectivity index (χ1n) is 13.9. The summed E-state index contributed by atoms with van der Waals surface area (Å²) in [6.07, 6.45) is 11.3. The molecule has 7 heteroatoms. The third-order valence-electron chi connectivity index (χ3n) is 8.26. The molecular formula is C30H39N5O2. The molecule has 1 saturated heterocycles. The minimum absolute atomic E-state index is 0.0631. The highest BCUT2D eigenvalue weighted by Gasteiger charge is 2.32. The molecule has 0 bridgehead atoms. The fourth-order valence-corrected chi connectivity index (χ4v) is 6.30. The molecule has 3 heterocycles. The molecular weight excluding hydrogens is 462 g/mol. The zero-order valence-corrected chi connectivity index (χ0v) is 22.6. The molecule has 3 atom stereocenters. The van der Waals surface area contributed by atoms with Gasteiger partial charge in [0.15, 0.2) is 5.65 Å². The van der Waals surface area contributed by atoms with Crippen molar-refractivity contribution in [1.82, 2.24) is 19.5 Å². The molecule has 3 aromatic rings. The van der Waals surface area contributed by atoms with Gasteiger partial charge in [-0.3, -0.25) is 9.59 Å². The van der Waals surface area contributed by atoms with E-state index in [4.69, 9.17) is 10.1 Å². The van der Waals surface area contributed by atoms with Crippen LogP contribution in [0.4, 0.5) is 5.69 Å². The van der Waals surface area contributed by atoms with Crippen LogP contribution in [-0.4, -0.2) is 37.9 Å². The molecule has 5 rings (SSSR count). The summed E-state index contributed by atoms with van der Waals surface area (Å²) in [4.78, 5) is 32.7. The van der Waals surface area contributed by atoms with Crippen molar-refractivity contribution in [2.45, 2.75) is 91.0 Å². The number of aryl methyl sites for hydroxylation is 2. The highest BCUT2D eigenvalue weighted by molar-refractivity contribution is 6.03. The Morgan fingerprint density at radius 1 is 1.08 bits per heavy atom. The fourth-order valence-electron chi connectivity index (χ4n) is 6.30. The van der Waals surface area contributed by atoms with Gasteiger partial charge in [-0.05, 0) is 69.6 Å². The van der Waals surface area contributed by atoms with Crippen molar-refractivity contribution in [3.63, 3.8) is 0 Å². The minimum atomic E-state index is -0.186. The smallest absolute Gasteiger partial charge is 0.256 e. The molecule has 1 aliphatic carbocycles. The lowest BCUT2D eigenvalue weighted by molar-refractivity contribution is -0.114. The summed E-state index contributed by atoms with van der Waals surface area (Å²) in [6.45, 7) is 8.55. The topological polar surface area (TPSA) is 79.6 Å². The molecule has 0 radical (unpaired) electrons. The Balaban J connectivity index is 1.46. The second kappa shape index (κ2) is 10.6. The minimum Gasteiger partial charge on any atom is -0.330 e. The highest BCUT2D eigenvalue weighted by atomic mass is 16.2. The third kappa shape index (κ3) is 5.27. The number of amides is 2. The normalized spacial score (nSPS) is 22.3. The molecule has 2 amide bonds. The van der Waals surface area contributed by atoms with E-state index in [0.29, 0.717) is 23.7 Å². The van der Waals surface area contributed by atoms with Crippen LogP contribution in [0.25, 0.3) is 5.65 Å². The first-order chi connectivity index (χ1) is 17.8. The van der Waals surface area contributed by atoms with Crippen molar-refractivity contribution in [1.29, 1.82) is 0 Å². The van der Waals surface area contributed by atoms with E-state index in [-0.39, 0.29) is 17.9 Å². The van der Waals surface area contributed by atoms with Gasteiger partial charge in [-0.15, -0.1) is 0 Å². The largest absolute Gasteiger partial charge is 0.330 e. The van der Waals surface area contributed by atoms with Crippen molar-refractivity contribution in [3.8, 4) is 0 Å². The van der Waals surface area contributed by atoms with Gasteiger partial charge in [0.1, 0.15) is 0 Å². The number of nitrogens with one attached hydrogen (secondary N) is 1. The molecule has 1 aromatic carbocycles. The summed E-state index contributed by atoms with van der Waals surface area (Å²) >= 11 is 0. The summed E-state index contributed by atoms with van der Waals surface area (Å²) in [6, 6.07) is 7.56. The maximum atomic E-state index is 13.9. The van der Waals surface area contributed by atoms with Crippen LogP contribution in [0.1, 0.15) is 110 Å². The quantitative estimate of drug-likeness (QED) is 0.441. The van der Waals surface area contributed by atoms with Crippen molar-refractivity contribution < 1.29 is 9.59 Å². The number of carbonyl (C=O) groups excluding carboxylic acids is 2. The average Bonchev–Trinajstić information content (AvgIpc) is 3.31. The maximum Gasteiger partial charge on any atom is 0.256 e. The number of likely N-dealkylation sites (tertiary alicyclic amines) is 1. The number of anilines is 1. The van der Waals surface area contributed by atoms with Gasteiger partial charge in [0, 0.05) is 31.6 Å². The second-order valence-electron chi connectivity index (χ2n) is 11.1. The van der Waals surface area contributed by atoms with E-state index in [0.717, 1.165) is 42.1 Å². The monoisotopic (exact) mass is 501 g/mol. The number of hydrogen-bond acceptors (Lipinski definition) is 4. The molecule has 2 aliphatic rings. The predicted octanol–water partition coefficient (Wildman–Crippen LogP) is 6.36. The lowest BCUT2D eigenvalue weighted by atomic mass is 9.78. The molecule has 2 fully saturated rings. The average molecular weight is 502 g/mol. The van der Waals surface area contributed by atoms with Crippen molar-refractivity contribution in [3.05, 3.63) is 58.5 Å². The molecule has 2 aromatic heterocycles. The van der Waals surface area contributed by atoms with Crippen LogP contribution in [-0.2, 0) is 4.79 Å². The van der Waals surface area contributed by atoms with Crippen LogP contribution >= 0.6 is 0 Å². The summed E-state index contributed by atoms with van der Waals surface area (Å²) in [5.41, 5.74) is 6.24. The molecule has 7 nitrogen and oxygen atoms in total. The first-order valence-corrected chi connectivity index (χ1v) is 13.9. The summed E-state index contributed by atoms with van der Waals surface area (Å²) in [5.74, 6) is 1.06. The molecule has 1 aliphatic heterocycles. The number of hydrogen-bond donors (Lipinski definition) is 1. The highest BCUT2D eigenvalue weighted by Crippen LogP contribution is 2.38. The van der Waals surface area contributed by atoms with E-state index in [2.05, 4.69) is 31.4 Å². The van der Waals surface area contributed by atoms with Crippen LogP contribution < -0.4 is 5.32 Å². The van der Waals surface area contributed by atoms with Gasteiger partial charge in [0.05, 0.1) is 28.7 Å². The Morgan fingerprint density at radius 2 is 1.92 bits per heavy atom. The van der Waals surface area contributed by atoms with Gasteiger partial charge in [0.2, 0.25) is 5.91 Å². The lowest BCUT2D eigenvalue weighted by Crippen LogP contribution is -2.39. The van der Waals surface area contributed by atoms with Crippen LogP contribution in [0.3, 0.4) is 0 Å². The maximum absolute atomic E-state index is 13.9. The first kappa shape index (κ1) is 25.4. The van der Waals surface area contributed by atoms with Gasteiger partial charge in [0.25, 0.3) is 5.91 Å². The standard InChI is InChI=1S/C30H39N5O2/c1-5-22-9-8-10-23(16-22)29-20(3)18-35-28(32-29)17-26(33-35)27-11-6-7-14-34(27)30(37)24-15-19(2)12-13-25(24)31-21(4)36/h12-13,15,17-18,22-23,27H,5-11,14,16H2,1-4H3,(H,31,36)/t22-,23?,27-/m0/s1. The van der Waals surface area contributed by atoms with E-state index < -0.39 is 0 Å². The predicted molar refractivity (Wildman–Crippen MR) is 146 cm³/mol. The van der Waals surface area contributed by atoms with E-state index in [1.165, 1.54) is 50.3 Å². The summed E-state index contributed by atoms with van der Waals surface area (Å²) < 4.78 is 1.89. The molecule has 37 heavy (non-hydrogen) atoms. The van der Waals surface area contributed by atoms with Crippen LogP contribution in [0.2, 0.25) is 0 Å². The Kier molecular flexibility index (Phi) is 7.31. The lowest BCUT2D eigenvalue weighted by Gasteiger charge is -2.35. The van der Waals surface area contributed by atoms with Gasteiger partial charge >= 0.3 is 0 Å². The SMILES string of the molecule is CC[C@H]1CCCC(c2nc3cc([C@@H]4CCCCN4C(=O)c4cc(C)ccc4NC(C)=O)nn3cc2C)C1. The second-order valence-corrected chi connectivity index (χ2v) is 11.1. The van der Waals surface area contributed by atoms with Crippen molar-refractivity contribution in [2.24, 2.45) is 5.92 Å². The van der Waals surface area contributed by atoms with Crippen LogP contribution in [0.5, 0.6) is 0 Å². The number of fused-ring (bicyclic) bond motifs is 1. The Morgan fingerprint density at radius 3 is 2.70 bits per heavy atom. The van der Waals surface area contributed by atoms with Crippen molar-refractivity contribution in [2.75, 3.05) is 11.9 Å². The van der Waals surface area contributed by atoms with Gasteiger partial charge in [-0.2, -0.15) is 5.10 Å². The number of aromatic nitrogens is 3. The number of benzene rings is 1. The summed E-state index contributed by atoms with van der Waals surface area (Å²) in [5, 5.41) is 7.75. The third-order valence-corrected chi connectivity index (χ3v) is 8.26. The van der Waals surface area contributed by atoms with E-state index in [1.807, 2.05) is 34.5 Å². The summed E-state index contributed by atoms with van der Waals surface area (Å²) in [7, 11) is 0. The molecule has 196 valence electrons. The van der Waals surface area contributed by atoms with E-state index >= 15 is 0 Å². The Hall–Kier alpha value is -3.22. The Labute approximate surface area is 219 Å². The van der Waals surface area contributed by atoms with Gasteiger partial charge in [-0.1, -0.05) is 37.8 Å². The van der Waals surface area contributed by atoms with E-state index in [9.17, 15) is 9.59 Å². The van der Waals surface area contributed by atoms with Gasteiger partial charge in [-0.25, -0.2) is 9.50 Å². The fraction of sp³-hybridized carbons (Fsp3) is 0.533. The zero-order valence-electron chi connectivity index (χ0n) is 22.6. The number of rotatable bonds is 5. The zero-order chi connectivity index (χ0) is 26.1.